The second-order valence-electron chi connectivity index (χ2n) is 6.12. The van der Waals surface area contributed by atoms with Crippen LogP contribution >= 0.6 is 11.3 Å². The van der Waals surface area contributed by atoms with E-state index in [1.807, 2.05) is 27.7 Å². The molecule has 1 heterocycles. The Morgan fingerprint density at radius 2 is 1.96 bits per heavy atom. The Kier molecular flexibility index (Phi) is 6.07. The molecule has 6 heteroatoms. The van der Waals surface area contributed by atoms with Gasteiger partial charge in [0.05, 0.1) is 22.7 Å². The number of amides is 1. The Balaban J connectivity index is 2.14. The van der Waals surface area contributed by atoms with Gasteiger partial charge in [-0.3, -0.25) is 4.79 Å². The summed E-state index contributed by atoms with van der Waals surface area (Å²) >= 11 is 1.51. The lowest BCUT2D eigenvalue weighted by Gasteiger charge is -2.20. The standard InChI is InChI=1S/C18H24FN3OS/c1-5-10(2)15(20)17(23)21-11(3)16-12(4)22-18(24-16)13-6-8-14(19)9-7-13/h6-11,15H,5,20H2,1-4H3,(H,21,23). The van der Waals surface area contributed by atoms with Crippen molar-refractivity contribution in [1.82, 2.24) is 10.3 Å². The summed E-state index contributed by atoms with van der Waals surface area (Å²) in [7, 11) is 0. The molecule has 1 aromatic carbocycles. The van der Waals surface area contributed by atoms with Gasteiger partial charge in [0, 0.05) is 5.56 Å². The monoisotopic (exact) mass is 349 g/mol. The van der Waals surface area contributed by atoms with Crippen LogP contribution in [0.25, 0.3) is 10.6 Å². The molecule has 3 unspecified atom stereocenters. The van der Waals surface area contributed by atoms with Gasteiger partial charge in [-0.05, 0) is 44.0 Å². The van der Waals surface area contributed by atoms with E-state index in [-0.39, 0.29) is 23.7 Å². The zero-order chi connectivity index (χ0) is 17.9. The van der Waals surface area contributed by atoms with E-state index in [0.29, 0.717) is 0 Å². The van der Waals surface area contributed by atoms with E-state index < -0.39 is 6.04 Å². The molecule has 1 aromatic heterocycles. The number of hydrogen-bond donors (Lipinski definition) is 2. The van der Waals surface area contributed by atoms with Crippen LogP contribution in [0.2, 0.25) is 0 Å². The first-order valence-corrected chi connectivity index (χ1v) is 8.94. The SMILES string of the molecule is CCC(C)C(N)C(=O)NC(C)c1sc(-c2ccc(F)cc2)nc1C. The van der Waals surface area contributed by atoms with Gasteiger partial charge in [0.15, 0.2) is 0 Å². The zero-order valence-corrected chi connectivity index (χ0v) is 15.3. The van der Waals surface area contributed by atoms with Crippen molar-refractivity contribution in [2.75, 3.05) is 0 Å². The van der Waals surface area contributed by atoms with Gasteiger partial charge in [0.2, 0.25) is 5.91 Å². The summed E-state index contributed by atoms with van der Waals surface area (Å²) in [6.45, 7) is 7.83. The maximum atomic E-state index is 13.1. The maximum absolute atomic E-state index is 13.1. The molecule has 0 saturated heterocycles. The van der Waals surface area contributed by atoms with E-state index >= 15 is 0 Å². The molecule has 0 aliphatic carbocycles. The highest BCUT2D eigenvalue weighted by atomic mass is 32.1. The fourth-order valence-electron chi connectivity index (χ4n) is 2.41. The summed E-state index contributed by atoms with van der Waals surface area (Å²) in [5.74, 6) is -0.283. The van der Waals surface area contributed by atoms with Crippen LogP contribution in [-0.2, 0) is 4.79 Å². The Morgan fingerprint density at radius 1 is 1.33 bits per heavy atom. The number of rotatable bonds is 6. The van der Waals surface area contributed by atoms with Crippen LogP contribution in [0, 0.1) is 18.7 Å². The molecular formula is C18H24FN3OS. The van der Waals surface area contributed by atoms with Crippen LogP contribution in [-0.4, -0.2) is 16.9 Å². The molecule has 1 amide bonds. The lowest BCUT2D eigenvalue weighted by molar-refractivity contribution is -0.124. The Morgan fingerprint density at radius 3 is 2.54 bits per heavy atom. The molecule has 4 nitrogen and oxygen atoms in total. The topological polar surface area (TPSA) is 68.0 Å². The minimum atomic E-state index is -0.512. The van der Waals surface area contributed by atoms with Crippen LogP contribution in [0.15, 0.2) is 24.3 Å². The van der Waals surface area contributed by atoms with Crippen LogP contribution in [0.5, 0.6) is 0 Å². The van der Waals surface area contributed by atoms with Crippen LogP contribution in [0.3, 0.4) is 0 Å². The third-order valence-electron chi connectivity index (χ3n) is 4.24. The van der Waals surface area contributed by atoms with Gasteiger partial charge < -0.3 is 11.1 Å². The molecule has 0 radical (unpaired) electrons. The summed E-state index contributed by atoms with van der Waals surface area (Å²) in [5, 5.41) is 3.79. The molecule has 3 N–H and O–H groups in total. The van der Waals surface area contributed by atoms with Gasteiger partial charge in [-0.2, -0.15) is 0 Å². The average molecular weight is 349 g/mol. The molecule has 2 rings (SSSR count). The number of nitrogens with two attached hydrogens (primary N) is 1. The quantitative estimate of drug-likeness (QED) is 0.833. The molecule has 0 aliphatic heterocycles. The molecule has 0 saturated carbocycles. The smallest absolute Gasteiger partial charge is 0.237 e. The summed E-state index contributed by atoms with van der Waals surface area (Å²) < 4.78 is 13.1. The number of hydrogen-bond acceptors (Lipinski definition) is 4. The Labute approximate surface area is 146 Å². The average Bonchev–Trinajstić information content (AvgIpc) is 2.95. The number of carbonyl (C=O) groups is 1. The number of carbonyl (C=O) groups excluding carboxylic acids is 1. The first-order valence-electron chi connectivity index (χ1n) is 8.12. The fourth-order valence-corrected chi connectivity index (χ4v) is 3.49. The highest BCUT2D eigenvalue weighted by Gasteiger charge is 2.23. The third-order valence-corrected chi connectivity index (χ3v) is 5.62. The number of nitrogens with one attached hydrogen (secondary N) is 1. The predicted molar refractivity (Wildman–Crippen MR) is 96.2 cm³/mol. The Bertz CT molecular complexity index is 699. The lowest BCUT2D eigenvalue weighted by Crippen LogP contribution is -2.45. The number of benzene rings is 1. The number of aromatic nitrogens is 1. The van der Waals surface area contributed by atoms with E-state index in [4.69, 9.17) is 5.73 Å². The minimum absolute atomic E-state index is 0.134. The van der Waals surface area contributed by atoms with E-state index in [9.17, 15) is 9.18 Å². The maximum Gasteiger partial charge on any atom is 0.237 e. The summed E-state index contributed by atoms with van der Waals surface area (Å²) in [5.41, 5.74) is 7.72. The van der Waals surface area contributed by atoms with Gasteiger partial charge >= 0.3 is 0 Å². The fraction of sp³-hybridized carbons (Fsp3) is 0.444. The minimum Gasteiger partial charge on any atom is -0.347 e. The summed E-state index contributed by atoms with van der Waals surface area (Å²) in [6.07, 6.45) is 0.858. The number of nitrogens with zero attached hydrogens (tertiary/aromatic N) is 1. The van der Waals surface area contributed by atoms with Crippen molar-refractivity contribution < 1.29 is 9.18 Å². The van der Waals surface area contributed by atoms with Crippen molar-refractivity contribution in [3.8, 4) is 10.6 Å². The molecule has 0 bridgehead atoms. The van der Waals surface area contributed by atoms with E-state index in [0.717, 1.165) is 27.6 Å². The van der Waals surface area contributed by atoms with Crippen LogP contribution in [0.4, 0.5) is 4.39 Å². The molecule has 0 fully saturated rings. The van der Waals surface area contributed by atoms with Crippen molar-refractivity contribution in [2.24, 2.45) is 11.7 Å². The van der Waals surface area contributed by atoms with Gasteiger partial charge in [-0.1, -0.05) is 20.3 Å². The van der Waals surface area contributed by atoms with Gasteiger partial charge in [0.25, 0.3) is 0 Å². The predicted octanol–water partition coefficient (Wildman–Crippen LogP) is 3.81. The molecular weight excluding hydrogens is 325 g/mol. The second kappa shape index (κ2) is 7.85. The highest BCUT2D eigenvalue weighted by molar-refractivity contribution is 7.15. The van der Waals surface area contributed by atoms with Crippen LogP contribution in [0.1, 0.15) is 43.8 Å². The van der Waals surface area contributed by atoms with Crippen molar-refractivity contribution in [3.63, 3.8) is 0 Å². The molecule has 0 spiro atoms. The number of aryl methyl sites for hydroxylation is 1. The van der Waals surface area contributed by atoms with Gasteiger partial charge in [0.1, 0.15) is 10.8 Å². The highest BCUT2D eigenvalue weighted by Crippen LogP contribution is 2.31. The van der Waals surface area contributed by atoms with Crippen molar-refractivity contribution in [2.45, 2.75) is 46.2 Å². The van der Waals surface area contributed by atoms with Crippen molar-refractivity contribution in [3.05, 3.63) is 40.7 Å². The molecule has 3 atom stereocenters. The number of thiazole rings is 1. The third kappa shape index (κ3) is 4.19. The summed E-state index contributed by atoms with van der Waals surface area (Å²) in [4.78, 5) is 17.8. The Hall–Kier alpha value is -1.79. The second-order valence-corrected chi connectivity index (χ2v) is 7.15. The van der Waals surface area contributed by atoms with E-state index in [1.165, 1.54) is 23.5 Å². The van der Waals surface area contributed by atoms with Gasteiger partial charge in [-0.25, -0.2) is 9.37 Å². The van der Waals surface area contributed by atoms with Crippen molar-refractivity contribution >= 4 is 17.2 Å². The van der Waals surface area contributed by atoms with Crippen molar-refractivity contribution in [1.29, 1.82) is 0 Å². The van der Waals surface area contributed by atoms with Crippen LogP contribution < -0.4 is 11.1 Å². The first kappa shape index (κ1) is 18.5. The number of halogens is 1. The van der Waals surface area contributed by atoms with E-state index in [1.54, 1.807) is 12.1 Å². The normalized spacial score (nSPS) is 14.9. The summed E-state index contributed by atoms with van der Waals surface area (Å²) in [6, 6.07) is 5.57. The van der Waals surface area contributed by atoms with Gasteiger partial charge in [-0.15, -0.1) is 11.3 Å². The largest absolute Gasteiger partial charge is 0.347 e. The molecule has 130 valence electrons. The zero-order valence-electron chi connectivity index (χ0n) is 14.5. The lowest BCUT2D eigenvalue weighted by atomic mass is 9.99. The molecule has 2 aromatic rings. The molecule has 24 heavy (non-hydrogen) atoms. The molecule has 0 aliphatic rings. The first-order chi connectivity index (χ1) is 11.3. The van der Waals surface area contributed by atoms with E-state index in [2.05, 4.69) is 10.3 Å².